The molecule has 10 aromatic rings. The molecule has 0 saturated heterocycles. The topological polar surface area (TPSA) is 35.0 Å². The number of pyridine rings is 2. The lowest BCUT2D eigenvalue weighted by Crippen LogP contribution is -2.34. The van der Waals surface area contributed by atoms with Crippen LogP contribution in [0.25, 0.3) is 65.9 Å². The smallest absolute Gasteiger partial charge is 0.132 e. The summed E-state index contributed by atoms with van der Waals surface area (Å²) in [6.07, 6.45) is 0. The molecular formula is C51H32N2O. The molecule has 1 aliphatic rings. The average Bonchev–Trinajstić information content (AvgIpc) is 3.25. The maximum atomic E-state index is 6.82. The Hall–Kier alpha value is -7.10. The standard InChI is InChI=1S/C51H32N2O/c1-2-13-35(14-3-1)45-28-24-36-21-22-37-25-29-46(53-50(37)49(36)52-45)39-26-30-48-44(32-39)51(43-18-8-9-20-47(43)54-48,40-27-23-33-11-4-5-15-38(33)31-40)42-19-10-16-34-12-6-7-17-41(34)42/h1-32H. The van der Waals surface area contributed by atoms with Crippen LogP contribution in [0.5, 0.6) is 11.5 Å². The zero-order valence-corrected chi connectivity index (χ0v) is 29.3. The van der Waals surface area contributed by atoms with E-state index in [4.69, 9.17) is 14.7 Å². The van der Waals surface area contributed by atoms with Gasteiger partial charge in [-0.3, -0.25) is 0 Å². The monoisotopic (exact) mass is 688 g/mol. The van der Waals surface area contributed by atoms with E-state index in [2.05, 4.69) is 188 Å². The minimum absolute atomic E-state index is 0.708. The number of aromatic nitrogens is 2. The third-order valence-corrected chi connectivity index (χ3v) is 11.2. The summed E-state index contributed by atoms with van der Waals surface area (Å²) in [5.74, 6) is 1.69. The van der Waals surface area contributed by atoms with Gasteiger partial charge in [0.05, 0.1) is 27.8 Å². The molecular weight excluding hydrogens is 657 g/mol. The van der Waals surface area contributed by atoms with Crippen LogP contribution in [0.3, 0.4) is 0 Å². The highest BCUT2D eigenvalue weighted by Gasteiger charge is 2.46. The molecule has 3 heterocycles. The Morgan fingerprint density at radius 2 is 0.944 bits per heavy atom. The van der Waals surface area contributed by atoms with Gasteiger partial charge < -0.3 is 4.74 Å². The van der Waals surface area contributed by atoms with Crippen LogP contribution in [0.1, 0.15) is 22.3 Å². The molecule has 54 heavy (non-hydrogen) atoms. The van der Waals surface area contributed by atoms with Gasteiger partial charge in [-0.15, -0.1) is 0 Å². The van der Waals surface area contributed by atoms with Crippen molar-refractivity contribution in [3.8, 4) is 34.0 Å². The predicted molar refractivity (Wildman–Crippen MR) is 221 cm³/mol. The Kier molecular flexibility index (Phi) is 6.77. The van der Waals surface area contributed by atoms with Crippen molar-refractivity contribution in [1.82, 2.24) is 9.97 Å². The van der Waals surface area contributed by atoms with Gasteiger partial charge in [0.25, 0.3) is 0 Å². The first-order valence-corrected chi connectivity index (χ1v) is 18.4. The van der Waals surface area contributed by atoms with Gasteiger partial charge in [0.1, 0.15) is 11.5 Å². The van der Waals surface area contributed by atoms with Crippen molar-refractivity contribution in [3.05, 3.63) is 216 Å². The molecule has 8 aromatic carbocycles. The van der Waals surface area contributed by atoms with Gasteiger partial charge in [-0.05, 0) is 75.1 Å². The normalized spacial score (nSPS) is 14.9. The lowest BCUT2D eigenvalue weighted by molar-refractivity contribution is 0.435. The fraction of sp³-hybridized carbons (Fsp3) is 0.0196. The first-order valence-electron chi connectivity index (χ1n) is 18.4. The van der Waals surface area contributed by atoms with E-state index in [1.807, 2.05) is 6.07 Å². The van der Waals surface area contributed by atoms with Crippen molar-refractivity contribution in [1.29, 1.82) is 0 Å². The highest BCUT2D eigenvalue weighted by molar-refractivity contribution is 6.04. The van der Waals surface area contributed by atoms with Crippen molar-refractivity contribution in [3.63, 3.8) is 0 Å². The van der Waals surface area contributed by atoms with Crippen molar-refractivity contribution in [2.75, 3.05) is 0 Å². The fourth-order valence-corrected chi connectivity index (χ4v) is 8.63. The van der Waals surface area contributed by atoms with E-state index in [-0.39, 0.29) is 0 Å². The molecule has 0 fully saturated rings. The SMILES string of the molecule is c1ccc(-c2ccc3ccc4ccc(-c5ccc6c(c5)C(c5ccc7ccccc7c5)(c5cccc7ccccc57)c5ccccc5O6)nc4c3n2)cc1. The fourth-order valence-electron chi connectivity index (χ4n) is 8.63. The minimum Gasteiger partial charge on any atom is -0.457 e. The number of ether oxygens (including phenoxy) is 1. The summed E-state index contributed by atoms with van der Waals surface area (Å²) in [6, 6.07) is 69.2. The van der Waals surface area contributed by atoms with Crippen LogP contribution in [-0.4, -0.2) is 9.97 Å². The molecule has 1 atom stereocenters. The molecule has 3 heteroatoms. The van der Waals surface area contributed by atoms with Crippen molar-refractivity contribution in [2.45, 2.75) is 5.41 Å². The lowest BCUT2D eigenvalue weighted by Gasteiger charge is -2.42. The molecule has 1 aliphatic heterocycles. The van der Waals surface area contributed by atoms with Crippen molar-refractivity contribution in [2.24, 2.45) is 0 Å². The molecule has 1 unspecified atom stereocenters. The first-order chi connectivity index (χ1) is 26.7. The third kappa shape index (κ3) is 4.62. The maximum Gasteiger partial charge on any atom is 0.132 e. The van der Waals surface area contributed by atoms with Crippen LogP contribution in [0.4, 0.5) is 0 Å². The van der Waals surface area contributed by atoms with Crippen molar-refractivity contribution < 1.29 is 4.74 Å². The van der Waals surface area contributed by atoms with Crippen LogP contribution in [0.15, 0.2) is 194 Å². The van der Waals surface area contributed by atoms with Crippen LogP contribution in [-0.2, 0) is 5.41 Å². The van der Waals surface area contributed by atoms with Gasteiger partial charge in [0.15, 0.2) is 0 Å². The van der Waals surface area contributed by atoms with Gasteiger partial charge in [-0.1, -0.05) is 152 Å². The summed E-state index contributed by atoms with van der Waals surface area (Å²) in [5.41, 5.74) is 9.57. The van der Waals surface area contributed by atoms with E-state index >= 15 is 0 Å². The van der Waals surface area contributed by atoms with Gasteiger partial charge in [-0.25, -0.2) is 9.97 Å². The summed E-state index contributed by atoms with van der Waals surface area (Å²) in [7, 11) is 0. The second-order valence-electron chi connectivity index (χ2n) is 14.1. The van der Waals surface area contributed by atoms with Gasteiger partial charge in [-0.2, -0.15) is 0 Å². The third-order valence-electron chi connectivity index (χ3n) is 11.2. The highest BCUT2D eigenvalue weighted by Crippen LogP contribution is 2.57. The Labute approximate surface area is 312 Å². The van der Waals surface area contributed by atoms with Crippen LogP contribution < -0.4 is 4.74 Å². The molecule has 3 nitrogen and oxygen atoms in total. The second kappa shape index (κ2) is 12.0. The number of nitrogens with zero attached hydrogens (tertiary/aromatic N) is 2. The number of hydrogen-bond donors (Lipinski definition) is 0. The molecule has 0 bridgehead atoms. The number of rotatable bonds is 4. The number of benzene rings is 8. The number of para-hydroxylation sites is 1. The highest BCUT2D eigenvalue weighted by atomic mass is 16.5. The largest absolute Gasteiger partial charge is 0.457 e. The van der Waals surface area contributed by atoms with E-state index in [9.17, 15) is 0 Å². The summed E-state index contributed by atoms with van der Waals surface area (Å²) < 4.78 is 6.82. The molecule has 0 spiro atoms. The van der Waals surface area contributed by atoms with Gasteiger partial charge in [0, 0.05) is 33.0 Å². The second-order valence-corrected chi connectivity index (χ2v) is 14.1. The summed E-state index contributed by atoms with van der Waals surface area (Å²) >= 11 is 0. The Bertz CT molecular complexity index is 3090. The lowest BCUT2D eigenvalue weighted by atomic mass is 9.62. The Morgan fingerprint density at radius 1 is 0.352 bits per heavy atom. The van der Waals surface area contributed by atoms with E-state index in [0.717, 1.165) is 66.9 Å². The molecule has 0 radical (unpaired) electrons. The van der Waals surface area contributed by atoms with Crippen LogP contribution in [0.2, 0.25) is 0 Å². The average molecular weight is 689 g/mol. The van der Waals surface area contributed by atoms with E-state index in [1.54, 1.807) is 0 Å². The molecule has 252 valence electrons. The maximum absolute atomic E-state index is 6.82. The van der Waals surface area contributed by atoms with E-state index in [1.165, 1.54) is 32.7 Å². The summed E-state index contributed by atoms with van der Waals surface area (Å²) in [5, 5.41) is 6.93. The molecule has 11 rings (SSSR count). The predicted octanol–water partition coefficient (Wildman–Crippen LogP) is 12.9. The van der Waals surface area contributed by atoms with Gasteiger partial charge in [0.2, 0.25) is 0 Å². The molecule has 0 N–H and O–H groups in total. The van der Waals surface area contributed by atoms with E-state index in [0.29, 0.717) is 0 Å². The minimum atomic E-state index is -0.708. The molecule has 0 saturated carbocycles. The first kappa shape index (κ1) is 30.5. The number of hydrogen-bond acceptors (Lipinski definition) is 3. The Balaban J connectivity index is 1.20. The molecule has 2 aromatic heterocycles. The van der Waals surface area contributed by atoms with E-state index < -0.39 is 5.41 Å². The summed E-state index contributed by atoms with van der Waals surface area (Å²) in [4.78, 5) is 10.6. The zero-order chi connectivity index (χ0) is 35.6. The van der Waals surface area contributed by atoms with Crippen molar-refractivity contribution >= 4 is 43.4 Å². The zero-order valence-electron chi connectivity index (χ0n) is 29.3. The molecule has 0 aliphatic carbocycles. The van der Waals surface area contributed by atoms with Crippen LogP contribution >= 0.6 is 0 Å². The summed E-state index contributed by atoms with van der Waals surface area (Å²) in [6.45, 7) is 0. The quantitative estimate of drug-likeness (QED) is 0.173. The van der Waals surface area contributed by atoms with Crippen LogP contribution in [0, 0.1) is 0 Å². The van der Waals surface area contributed by atoms with Gasteiger partial charge >= 0.3 is 0 Å². The molecule has 0 amide bonds. The Morgan fingerprint density at radius 3 is 1.76 bits per heavy atom. The number of fused-ring (bicyclic) bond motifs is 7.